The summed E-state index contributed by atoms with van der Waals surface area (Å²) in [6, 6.07) is 3.69. The predicted octanol–water partition coefficient (Wildman–Crippen LogP) is 0.914. The van der Waals surface area contributed by atoms with E-state index in [1.54, 1.807) is 25.4 Å². The molecular weight excluding hydrogens is 242 g/mol. The number of aromatic nitrogens is 1. The lowest BCUT2D eigenvalue weighted by atomic mass is 9.84. The first-order chi connectivity index (χ1) is 9.26. The van der Waals surface area contributed by atoms with E-state index in [-0.39, 0.29) is 11.9 Å². The van der Waals surface area contributed by atoms with Crippen molar-refractivity contribution in [2.75, 3.05) is 26.7 Å². The normalized spacial score (nSPS) is 29.0. The summed E-state index contributed by atoms with van der Waals surface area (Å²) < 4.78 is 5.12. The summed E-state index contributed by atoms with van der Waals surface area (Å²) in [4.78, 5) is 18.7. The van der Waals surface area contributed by atoms with Gasteiger partial charge in [-0.25, -0.2) is 0 Å². The van der Waals surface area contributed by atoms with Gasteiger partial charge in [-0.1, -0.05) is 0 Å². The Morgan fingerprint density at radius 1 is 1.47 bits per heavy atom. The summed E-state index contributed by atoms with van der Waals surface area (Å²) in [5.74, 6) is 1.19. The van der Waals surface area contributed by atoms with Gasteiger partial charge in [0, 0.05) is 24.8 Å². The maximum absolute atomic E-state index is 12.2. The molecule has 1 N–H and O–H groups in total. The van der Waals surface area contributed by atoms with Crippen molar-refractivity contribution in [1.82, 2.24) is 15.2 Å². The highest BCUT2D eigenvalue weighted by Crippen LogP contribution is 2.27. The SMILES string of the molecule is COc1ccnc(C(=O)NC2CN3CCC2CC3)c1. The molecule has 0 aliphatic carbocycles. The molecule has 5 heteroatoms. The van der Waals surface area contributed by atoms with E-state index in [0.717, 1.165) is 6.54 Å². The van der Waals surface area contributed by atoms with Crippen LogP contribution in [0.4, 0.5) is 0 Å². The molecule has 5 nitrogen and oxygen atoms in total. The van der Waals surface area contributed by atoms with Crippen LogP contribution in [0.1, 0.15) is 23.3 Å². The van der Waals surface area contributed by atoms with Crippen molar-refractivity contribution in [3.8, 4) is 5.75 Å². The largest absolute Gasteiger partial charge is 0.497 e. The van der Waals surface area contributed by atoms with Gasteiger partial charge >= 0.3 is 0 Å². The molecule has 1 amide bonds. The number of nitrogens with zero attached hydrogens (tertiary/aromatic N) is 2. The van der Waals surface area contributed by atoms with E-state index in [1.165, 1.54) is 25.9 Å². The van der Waals surface area contributed by atoms with Crippen LogP contribution in [0.3, 0.4) is 0 Å². The van der Waals surface area contributed by atoms with Gasteiger partial charge < -0.3 is 15.0 Å². The van der Waals surface area contributed by atoms with E-state index in [4.69, 9.17) is 4.74 Å². The number of hydrogen-bond donors (Lipinski definition) is 1. The Hall–Kier alpha value is -1.62. The molecule has 3 saturated heterocycles. The summed E-state index contributed by atoms with van der Waals surface area (Å²) in [5, 5.41) is 3.12. The van der Waals surface area contributed by atoms with Gasteiger partial charge in [0.15, 0.2) is 0 Å². The van der Waals surface area contributed by atoms with E-state index in [0.29, 0.717) is 17.4 Å². The molecule has 3 aliphatic heterocycles. The molecule has 1 unspecified atom stereocenters. The van der Waals surface area contributed by atoms with Crippen molar-refractivity contribution < 1.29 is 9.53 Å². The zero-order valence-electron chi connectivity index (χ0n) is 11.1. The van der Waals surface area contributed by atoms with Crippen LogP contribution in [-0.2, 0) is 0 Å². The first-order valence-corrected chi connectivity index (χ1v) is 6.79. The lowest BCUT2D eigenvalue weighted by molar-refractivity contribution is 0.0617. The van der Waals surface area contributed by atoms with Crippen LogP contribution in [0.15, 0.2) is 18.3 Å². The number of amides is 1. The number of nitrogens with one attached hydrogen (secondary N) is 1. The zero-order valence-corrected chi connectivity index (χ0v) is 11.1. The van der Waals surface area contributed by atoms with E-state index in [9.17, 15) is 4.79 Å². The molecule has 0 radical (unpaired) electrons. The first-order valence-electron chi connectivity index (χ1n) is 6.79. The molecule has 3 fully saturated rings. The van der Waals surface area contributed by atoms with Gasteiger partial charge in [0.1, 0.15) is 11.4 Å². The second-order valence-electron chi connectivity index (χ2n) is 5.30. The molecule has 3 aliphatic rings. The zero-order chi connectivity index (χ0) is 13.2. The summed E-state index contributed by atoms with van der Waals surface area (Å²) in [6.45, 7) is 3.32. The molecule has 1 aromatic heterocycles. The predicted molar refractivity (Wildman–Crippen MR) is 71.2 cm³/mol. The fraction of sp³-hybridized carbons (Fsp3) is 0.571. The third kappa shape index (κ3) is 2.56. The topological polar surface area (TPSA) is 54.5 Å². The van der Waals surface area contributed by atoms with Crippen molar-refractivity contribution in [2.45, 2.75) is 18.9 Å². The number of methoxy groups -OCH3 is 1. The highest BCUT2D eigenvalue weighted by molar-refractivity contribution is 5.92. The van der Waals surface area contributed by atoms with Crippen LogP contribution in [0.25, 0.3) is 0 Å². The van der Waals surface area contributed by atoms with Crippen molar-refractivity contribution in [1.29, 1.82) is 0 Å². The molecule has 4 rings (SSSR count). The number of piperidine rings is 3. The minimum Gasteiger partial charge on any atom is -0.497 e. The lowest BCUT2D eigenvalue weighted by Crippen LogP contribution is -2.57. The summed E-state index contributed by atoms with van der Waals surface area (Å²) >= 11 is 0. The number of pyridine rings is 1. The maximum atomic E-state index is 12.2. The van der Waals surface area contributed by atoms with Gasteiger partial charge in [0.25, 0.3) is 5.91 Å². The molecule has 4 heterocycles. The molecule has 102 valence electrons. The van der Waals surface area contributed by atoms with E-state index < -0.39 is 0 Å². The Kier molecular flexibility index (Phi) is 3.38. The lowest BCUT2D eigenvalue weighted by Gasteiger charge is -2.44. The summed E-state index contributed by atoms with van der Waals surface area (Å²) in [5.41, 5.74) is 0.427. The Balaban J connectivity index is 1.67. The van der Waals surface area contributed by atoms with Gasteiger partial charge in [-0.2, -0.15) is 0 Å². The number of carbonyl (C=O) groups excluding carboxylic acids is 1. The van der Waals surface area contributed by atoms with Crippen molar-refractivity contribution in [3.05, 3.63) is 24.0 Å². The molecule has 19 heavy (non-hydrogen) atoms. The molecular formula is C14H19N3O2. The highest BCUT2D eigenvalue weighted by atomic mass is 16.5. The third-order valence-electron chi connectivity index (χ3n) is 4.17. The number of carbonyl (C=O) groups is 1. The van der Waals surface area contributed by atoms with Gasteiger partial charge in [-0.15, -0.1) is 0 Å². The van der Waals surface area contributed by atoms with Crippen LogP contribution in [0.2, 0.25) is 0 Å². The molecule has 2 bridgehead atoms. The molecule has 0 saturated carbocycles. The quantitative estimate of drug-likeness (QED) is 0.879. The van der Waals surface area contributed by atoms with Crippen LogP contribution in [0, 0.1) is 5.92 Å². The average Bonchev–Trinajstić information content (AvgIpc) is 2.48. The van der Waals surface area contributed by atoms with Crippen LogP contribution in [-0.4, -0.2) is 48.6 Å². The highest BCUT2D eigenvalue weighted by Gasteiger charge is 2.35. The van der Waals surface area contributed by atoms with Gasteiger partial charge in [0.2, 0.25) is 0 Å². The third-order valence-corrected chi connectivity index (χ3v) is 4.17. The molecule has 1 atom stereocenters. The number of ether oxygens (including phenoxy) is 1. The van der Waals surface area contributed by atoms with Gasteiger partial charge in [-0.05, 0) is 37.9 Å². The van der Waals surface area contributed by atoms with Gasteiger partial charge in [-0.3, -0.25) is 9.78 Å². The first kappa shape index (κ1) is 12.4. The number of fused-ring (bicyclic) bond motifs is 3. The van der Waals surface area contributed by atoms with Crippen molar-refractivity contribution in [2.24, 2.45) is 5.92 Å². The molecule has 0 aromatic carbocycles. The average molecular weight is 261 g/mol. The fourth-order valence-electron chi connectivity index (χ4n) is 3.03. The monoisotopic (exact) mass is 261 g/mol. The minimum atomic E-state index is -0.0994. The van der Waals surface area contributed by atoms with Gasteiger partial charge in [0.05, 0.1) is 7.11 Å². The summed E-state index contributed by atoms with van der Waals surface area (Å²) in [7, 11) is 1.59. The van der Waals surface area contributed by atoms with Crippen LogP contribution in [0.5, 0.6) is 5.75 Å². The Labute approximate surface area is 113 Å². The van der Waals surface area contributed by atoms with Crippen molar-refractivity contribution >= 4 is 5.91 Å². The van der Waals surface area contributed by atoms with Crippen LogP contribution < -0.4 is 10.1 Å². The molecule has 0 spiro atoms. The standard InChI is InChI=1S/C14H19N3O2/c1-19-11-2-5-15-12(8-11)14(18)16-13-9-17-6-3-10(13)4-7-17/h2,5,8,10,13H,3-4,6-7,9H2,1H3,(H,16,18). The minimum absolute atomic E-state index is 0.0994. The van der Waals surface area contributed by atoms with E-state index in [2.05, 4.69) is 15.2 Å². The van der Waals surface area contributed by atoms with Crippen molar-refractivity contribution in [3.63, 3.8) is 0 Å². The van der Waals surface area contributed by atoms with E-state index >= 15 is 0 Å². The number of hydrogen-bond acceptors (Lipinski definition) is 4. The Morgan fingerprint density at radius 3 is 2.89 bits per heavy atom. The number of rotatable bonds is 3. The fourth-order valence-corrected chi connectivity index (χ4v) is 3.03. The van der Waals surface area contributed by atoms with Crippen LogP contribution >= 0.6 is 0 Å². The van der Waals surface area contributed by atoms with E-state index in [1.807, 2.05) is 0 Å². The maximum Gasteiger partial charge on any atom is 0.270 e. The smallest absolute Gasteiger partial charge is 0.270 e. The molecule has 1 aromatic rings. The summed E-state index contributed by atoms with van der Waals surface area (Å²) in [6.07, 6.45) is 3.98. The second-order valence-corrected chi connectivity index (χ2v) is 5.30. The Bertz CT molecular complexity index is 470. The Morgan fingerprint density at radius 2 is 2.26 bits per heavy atom. The second kappa shape index (κ2) is 5.17.